The van der Waals surface area contributed by atoms with Gasteiger partial charge in [0.25, 0.3) is 5.91 Å². The van der Waals surface area contributed by atoms with Crippen molar-refractivity contribution in [3.8, 4) is 11.6 Å². The zero-order chi connectivity index (χ0) is 19.5. The van der Waals surface area contributed by atoms with E-state index < -0.39 is 0 Å². The number of aromatic nitrogens is 1. The van der Waals surface area contributed by atoms with E-state index in [9.17, 15) is 4.79 Å². The number of ether oxygens (including phenoxy) is 2. The molecular weight excluding hydrogens is 352 g/mol. The Bertz CT molecular complexity index is 969. The summed E-state index contributed by atoms with van der Waals surface area (Å²) in [6.45, 7) is 5.21. The molecule has 3 aromatic rings. The monoisotopic (exact) mass is 376 g/mol. The van der Waals surface area contributed by atoms with Crippen LogP contribution in [-0.2, 0) is 0 Å². The van der Waals surface area contributed by atoms with E-state index >= 15 is 0 Å². The summed E-state index contributed by atoms with van der Waals surface area (Å²) in [5.41, 5.74) is 1.58. The fourth-order valence-electron chi connectivity index (χ4n) is 3.42. The maximum Gasteiger partial charge on any atom is 0.253 e. The molecule has 4 rings (SSSR count). The van der Waals surface area contributed by atoms with Gasteiger partial charge in [0, 0.05) is 30.0 Å². The van der Waals surface area contributed by atoms with Gasteiger partial charge in [0.1, 0.15) is 11.9 Å². The maximum atomic E-state index is 12.8. The van der Waals surface area contributed by atoms with Crippen LogP contribution >= 0.6 is 0 Å². The number of pyridine rings is 1. The van der Waals surface area contributed by atoms with Crippen LogP contribution in [-0.4, -0.2) is 41.1 Å². The molecule has 0 saturated carbocycles. The van der Waals surface area contributed by atoms with Crippen molar-refractivity contribution in [3.63, 3.8) is 0 Å². The van der Waals surface area contributed by atoms with E-state index in [2.05, 4.69) is 4.98 Å². The van der Waals surface area contributed by atoms with Gasteiger partial charge >= 0.3 is 0 Å². The molecule has 1 aromatic heterocycles. The summed E-state index contributed by atoms with van der Waals surface area (Å²) in [5, 5.41) is 1.09. The second-order valence-corrected chi connectivity index (χ2v) is 7.31. The molecular formula is C23H24N2O3. The lowest BCUT2D eigenvalue weighted by Crippen LogP contribution is -2.31. The molecule has 1 aliphatic rings. The number of carbonyl (C=O) groups is 1. The van der Waals surface area contributed by atoms with E-state index in [4.69, 9.17) is 9.47 Å². The lowest BCUT2D eigenvalue weighted by Gasteiger charge is -2.17. The highest BCUT2D eigenvalue weighted by atomic mass is 16.5. The molecule has 5 nitrogen and oxygen atoms in total. The second kappa shape index (κ2) is 7.89. The van der Waals surface area contributed by atoms with Gasteiger partial charge in [0.15, 0.2) is 0 Å². The summed E-state index contributed by atoms with van der Waals surface area (Å²) in [7, 11) is 0. The molecule has 1 unspecified atom stereocenters. The Hall–Kier alpha value is -3.08. The molecule has 0 bridgehead atoms. The van der Waals surface area contributed by atoms with Crippen molar-refractivity contribution in [2.45, 2.75) is 32.5 Å². The third-order valence-corrected chi connectivity index (χ3v) is 4.77. The molecule has 0 N–H and O–H groups in total. The lowest BCUT2D eigenvalue weighted by molar-refractivity contribution is 0.0771. The Kier molecular flexibility index (Phi) is 5.15. The molecule has 1 atom stereocenters. The van der Waals surface area contributed by atoms with Crippen molar-refractivity contribution in [1.29, 1.82) is 0 Å². The third-order valence-electron chi connectivity index (χ3n) is 4.77. The molecule has 0 aliphatic carbocycles. The fourth-order valence-corrected chi connectivity index (χ4v) is 3.42. The van der Waals surface area contributed by atoms with Gasteiger partial charge in [0.05, 0.1) is 18.2 Å². The largest absolute Gasteiger partial charge is 0.491 e. The molecule has 1 fully saturated rings. The molecule has 1 aliphatic heterocycles. The van der Waals surface area contributed by atoms with Gasteiger partial charge in [-0.1, -0.05) is 18.2 Å². The first-order chi connectivity index (χ1) is 13.6. The van der Waals surface area contributed by atoms with Gasteiger partial charge in [-0.25, -0.2) is 4.98 Å². The second-order valence-electron chi connectivity index (χ2n) is 7.31. The van der Waals surface area contributed by atoms with Gasteiger partial charge in [-0.05, 0) is 50.2 Å². The van der Waals surface area contributed by atoms with Crippen LogP contribution in [0.3, 0.4) is 0 Å². The van der Waals surface area contributed by atoms with Crippen LogP contribution < -0.4 is 9.47 Å². The van der Waals surface area contributed by atoms with E-state index in [0.717, 1.165) is 23.1 Å². The highest BCUT2D eigenvalue weighted by Crippen LogP contribution is 2.22. The molecule has 1 amide bonds. The van der Waals surface area contributed by atoms with E-state index in [0.29, 0.717) is 24.5 Å². The number of fused-ring (bicyclic) bond motifs is 1. The number of benzene rings is 2. The predicted molar refractivity (Wildman–Crippen MR) is 109 cm³/mol. The normalized spacial score (nSPS) is 16.5. The van der Waals surface area contributed by atoms with Crippen molar-refractivity contribution in [2.24, 2.45) is 0 Å². The molecule has 1 saturated heterocycles. The number of carbonyl (C=O) groups excluding carboxylic acids is 1. The summed E-state index contributed by atoms with van der Waals surface area (Å²) < 4.78 is 11.7. The first kappa shape index (κ1) is 18.3. The van der Waals surface area contributed by atoms with Crippen LogP contribution in [0.5, 0.6) is 11.6 Å². The number of hydrogen-bond acceptors (Lipinski definition) is 4. The highest BCUT2D eigenvalue weighted by Gasteiger charge is 2.28. The van der Waals surface area contributed by atoms with Crippen molar-refractivity contribution < 1.29 is 14.3 Å². The number of hydrogen-bond donors (Lipinski definition) is 0. The minimum atomic E-state index is -0.0406. The Labute approximate surface area is 164 Å². The maximum absolute atomic E-state index is 12.8. The Morgan fingerprint density at radius 3 is 2.64 bits per heavy atom. The van der Waals surface area contributed by atoms with E-state index in [-0.39, 0.29) is 18.1 Å². The van der Waals surface area contributed by atoms with Crippen molar-refractivity contribution in [1.82, 2.24) is 9.88 Å². The minimum absolute atomic E-state index is 0.0219. The lowest BCUT2D eigenvalue weighted by atomic mass is 10.2. The van der Waals surface area contributed by atoms with E-state index in [1.807, 2.05) is 79.4 Å². The average Bonchev–Trinajstić information content (AvgIpc) is 3.16. The van der Waals surface area contributed by atoms with Crippen LogP contribution in [0.4, 0.5) is 0 Å². The number of nitrogens with zero attached hydrogens (tertiary/aromatic N) is 2. The number of likely N-dealkylation sites (tertiary alicyclic amines) is 1. The zero-order valence-corrected chi connectivity index (χ0v) is 16.2. The summed E-state index contributed by atoms with van der Waals surface area (Å²) in [5.74, 6) is 1.40. The minimum Gasteiger partial charge on any atom is -0.491 e. The van der Waals surface area contributed by atoms with Crippen molar-refractivity contribution in [3.05, 3.63) is 66.2 Å². The molecule has 2 aromatic carbocycles. The number of amides is 1. The fraction of sp³-hybridized carbons (Fsp3) is 0.304. The highest BCUT2D eigenvalue weighted by molar-refractivity contribution is 5.94. The van der Waals surface area contributed by atoms with E-state index in [1.165, 1.54) is 0 Å². The number of rotatable bonds is 5. The summed E-state index contributed by atoms with van der Waals surface area (Å²) in [6.07, 6.45) is 0.873. The third kappa shape index (κ3) is 4.09. The van der Waals surface area contributed by atoms with Crippen LogP contribution in [0, 0.1) is 0 Å². The van der Waals surface area contributed by atoms with Crippen LogP contribution in [0.15, 0.2) is 60.7 Å². The van der Waals surface area contributed by atoms with Gasteiger partial charge in [0.2, 0.25) is 5.88 Å². The molecule has 5 heteroatoms. The average molecular weight is 376 g/mol. The van der Waals surface area contributed by atoms with Crippen molar-refractivity contribution in [2.75, 3.05) is 13.1 Å². The first-order valence-electron chi connectivity index (χ1n) is 9.67. The molecule has 0 radical (unpaired) electrons. The van der Waals surface area contributed by atoms with Gasteiger partial charge in [-0.2, -0.15) is 0 Å². The quantitative estimate of drug-likeness (QED) is 0.666. The standard InChI is InChI=1S/C23H24N2O3/c1-16(2)27-19-10-7-18(8-11-19)23(26)25-14-13-20(15-25)28-22-12-9-17-5-3-4-6-21(17)24-22/h3-12,16,20H,13-15H2,1-2H3. The van der Waals surface area contributed by atoms with Crippen LogP contribution in [0.25, 0.3) is 10.9 Å². The van der Waals surface area contributed by atoms with Crippen LogP contribution in [0.2, 0.25) is 0 Å². The molecule has 144 valence electrons. The Balaban J connectivity index is 1.38. The zero-order valence-electron chi connectivity index (χ0n) is 16.2. The van der Waals surface area contributed by atoms with Gasteiger partial charge < -0.3 is 14.4 Å². The Morgan fingerprint density at radius 1 is 1.07 bits per heavy atom. The molecule has 28 heavy (non-hydrogen) atoms. The Morgan fingerprint density at radius 2 is 1.86 bits per heavy atom. The SMILES string of the molecule is CC(C)Oc1ccc(C(=O)N2CCC(Oc3ccc4ccccc4n3)C2)cc1. The smallest absolute Gasteiger partial charge is 0.253 e. The predicted octanol–water partition coefficient (Wildman–Crippen LogP) is 4.32. The van der Waals surface area contributed by atoms with Gasteiger partial charge in [-0.3, -0.25) is 4.79 Å². The topological polar surface area (TPSA) is 51.7 Å². The number of para-hydroxylation sites is 1. The molecule has 2 heterocycles. The van der Waals surface area contributed by atoms with Crippen LogP contribution in [0.1, 0.15) is 30.6 Å². The van der Waals surface area contributed by atoms with Gasteiger partial charge in [-0.15, -0.1) is 0 Å². The summed E-state index contributed by atoms with van der Waals surface area (Å²) in [6, 6.07) is 19.2. The molecule has 0 spiro atoms. The summed E-state index contributed by atoms with van der Waals surface area (Å²) >= 11 is 0. The van der Waals surface area contributed by atoms with E-state index in [1.54, 1.807) is 0 Å². The first-order valence-corrected chi connectivity index (χ1v) is 9.67. The summed E-state index contributed by atoms with van der Waals surface area (Å²) in [4.78, 5) is 19.2. The van der Waals surface area contributed by atoms with Crippen molar-refractivity contribution >= 4 is 16.8 Å².